The standard InChI is InChI=1S/C8H18.C6H14.C4H6N2.C3H4N2.2C2H6.2CH4/c1-5-7-8(3,4)6-2;1-3-5-6-4-2;1-6-3-2-5-4-6;1-2-5-3-4-1;2*1-2;;/h5-7H2,1-4H3;3-6H2,1-2H3;2-4H,1H3;1-3H,(H,4,5);2*1-2H3;2*1H4. The molecule has 0 aliphatic rings. The van der Waals surface area contributed by atoms with Crippen LogP contribution < -0.4 is 0 Å². The normalized spacial score (nSPS) is 8.23. The van der Waals surface area contributed by atoms with Crippen LogP contribution in [0.5, 0.6) is 0 Å². The number of nitrogens with zero attached hydrogens (tertiary/aromatic N) is 3. The molecular formula is C27H62N4. The van der Waals surface area contributed by atoms with E-state index in [2.05, 4.69) is 56.5 Å². The van der Waals surface area contributed by atoms with Crippen LogP contribution in [0.15, 0.2) is 37.4 Å². The van der Waals surface area contributed by atoms with Crippen molar-refractivity contribution in [2.75, 3.05) is 0 Å². The molecule has 0 amide bonds. The zero-order chi connectivity index (χ0) is 23.4. The number of aromatic amines is 1. The maximum atomic E-state index is 3.78. The molecule has 0 radical (unpaired) electrons. The summed E-state index contributed by atoms with van der Waals surface area (Å²) < 4.78 is 1.89. The number of aryl methyl sites for hydroxylation is 1. The van der Waals surface area contributed by atoms with Crippen LogP contribution in [0.4, 0.5) is 0 Å². The van der Waals surface area contributed by atoms with Crippen LogP contribution in [-0.4, -0.2) is 19.5 Å². The van der Waals surface area contributed by atoms with Gasteiger partial charge in [-0.05, 0) is 11.8 Å². The predicted octanol–water partition coefficient (Wildman–Crippen LogP) is 9.96. The van der Waals surface area contributed by atoms with Crippen molar-refractivity contribution in [2.24, 2.45) is 12.5 Å². The molecule has 0 aromatic carbocycles. The van der Waals surface area contributed by atoms with Gasteiger partial charge in [0, 0.05) is 31.8 Å². The van der Waals surface area contributed by atoms with Gasteiger partial charge in [0.1, 0.15) is 0 Å². The molecule has 4 nitrogen and oxygen atoms in total. The van der Waals surface area contributed by atoms with Crippen LogP contribution in [0.3, 0.4) is 0 Å². The number of unbranched alkanes of at least 4 members (excludes halogenated alkanes) is 3. The maximum absolute atomic E-state index is 3.78. The zero-order valence-corrected chi connectivity index (χ0v) is 21.8. The minimum Gasteiger partial charge on any atom is -0.351 e. The fourth-order valence-electron chi connectivity index (χ4n) is 1.89. The second-order valence-electron chi connectivity index (χ2n) is 6.96. The lowest BCUT2D eigenvalue weighted by atomic mass is 9.86. The van der Waals surface area contributed by atoms with Crippen molar-refractivity contribution in [1.29, 1.82) is 0 Å². The van der Waals surface area contributed by atoms with Gasteiger partial charge in [0.25, 0.3) is 0 Å². The van der Waals surface area contributed by atoms with Crippen LogP contribution in [0.2, 0.25) is 0 Å². The minimum atomic E-state index is 0. The SMILES string of the molecule is C.C.CC.CC.CCCC(C)(C)CC.CCCCCC.Cn1ccnc1.c1c[nH]cn1. The summed E-state index contributed by atoms with van der Waals surface area (Å²) in [5.41, 5.74) is 0.592. The van der Waals surface area contributed by atoms with Gasteiger partial charge < -0.3 is 9.55 Å². The van der Waals surface area contributed by atoms with E-state index < -0.39 is 0 Å². The van der Waals surface area contributed by atoms with Crippen LogP contribution in [0.1, 0.15) is 129 Å². The molecule has 0 fully saturated rings. The molecule has 190 valence electrons. The maximum Gasteiger partial charge on any atom is 0.0943 e. The average molecular weight is 443 g/mol. The number of nitrogens with one attached hydrogen (secondary N) is 1. The first-order valence-corrected chi connectivity index (χ1v) is 11.8. The Labute approximate surface area is 198 Å². The average Bonchev–Trinajstić information content (AvgIpc) is 3.47. The molecule has 1 N–H and O–H groups in total. The summed E-state index contributed by atoms with van der Waals surface area (Å²) in [4.78, 5) is 10.2. The molecule has 2 rings (SSSR count). The first-order chi connectivity index (χ1) is 13.9. The van der Waals surface area contributed by atoms with Crippen molar-refractivity contribution in [3.63, 3.8) is 0 Å². The molecule has 2 aromatic heterocycles. The Morgan fingerprint density at radius 1 is 0.806 bits per heavy atom. The lowest BCUT2D eigenvalue weighted by molar-refractivity contribution is 0.319. The highest BCUT2D eigenvalue weighted by Gasteiger charge is 2.11. The quantitative estimate of drug-likeness (QED) is 0.452. The molecule has 0 bridgehead atoms. The predicted molar refractivity (Wildman–Crippen MR) is 147 cm³/mol. The van der Waals surface area contributed by atoms with Crippen molar-refractivity contribution in [2.45, 2.75) is 129 Å². The molecule has 31 heavy (non-hydrogen) atoms. The van der Waals surface area contributed by atoms with Gasteiger partial charge in [-0.15, -0.1) is 0 Å². The first-order valence-electron chi connectivity index (χ1n) is 11.8. The monoisotopic (exact) mass is 442 g/mol. The van der Waals surface area contributed by atoms with E-state index in [4.69, 9.17) is 0 Å². The number of hydrogen-bond acceptors (Lipinski definition) is 2. The summed E-state index contributed by atoms with van der Waals surface area (Å²) in [6.07, 6.45) is 20.0. The van der Waals surface area contributed by atoms with E-state index in [-0.39, 0.29) is 14.9 Å². The highest BCUT2D eigenvalue weighted by atomic mass is 15.0. The van der Waals surface area contributed by atoms with Gasteiger partial charge >= 0.3 is 0 Å². The molecular weight excluding hydrogens is 380 g/mol. The Morgan fingerprint density at radius 3 is 1.45 bits per heavy atom. The van der Waals surface area contributed by atoms with Crippen molar-refractivity contribution in [3.05, 3.63) is 37.4 Å². The third kappa shape index (κ3) is 47.6. The van der Waals surface area contributed by atoms with E-state index in [0.717, 1.165) is 0 Å². The number of hydrogen-bond donors (Lipinski definition) is 1. The molecule has 0 unspecified atom stereocenters. The molecule has 2 heterocycles. The summed E-state index contributed by atoms with van der Waals surface area (Å²) in [7, 11) is 1.94. The molecule has 4 heteroatoms. The largest absolute Gasteiger partial charge is 0.351 e. The molecule has 0 aliphatic heterocycles. The number of rotatable bonds is 6. The summed E-state index contributed by atoms with van der Waals surface area (Å²) >= 11 is 0. The third-order valence-corrected chi connectivity index (χ3v) is 3.88. The number of imidazole rings is 2. The minimum absolute atomic E-state index is 0. The van der Waals surface area contributed by atoms with E-state index in [1.165, 1.54) is 44.9 Å². The van der Waals surface area contributed by atoms with Gasteiger partial charge in [0.05, 0.1) is 12.7 Å². The number of H-pyrrole nitrogens is 1. The van der Waals surface area contributed by atoms with Crippen molar-refractivity contribution < 1.29 is 0 Å². The Bertz CT molecular complexity index is 399. The summed E-state index contributed by atoms with van der Waals surface area (Å²) in [5.74, 6) is 0. The van der Waals surface area contributed by atoms with Gasteiger partial charge in [0.15, 0.2) is 0 Å². The fourth-order valence-corrected chi connectivity index (χ4v) is 1.89. The van der Waals surface area contributed by atoms with E-state index >= 15 is 0 Å². The highest BCUT2D eigenvalue weighted by Crippen LogP contribution is 2.25. The Morgan fingerprint density at radius 2 is 1.32 bits per heavy atom. The molecule has 0 atom stereocenters. The van der Waals surface area contributed by atoms with Crippen LogP contribution >= 0.6 is 0 Å². The van der Waals surface area contributed by atoms with Crippen LogP contribution in [0, 0.1) is 5.41 Å². The van der Waals surface area contributed by atoms with Crippen LogP contribution in [0.25, 0.3) is 0 Å². The van der Waals surface area contributed by atoms with E-state index in [1.807, 2.05) is 45.5 Å². The van der Waals surface area contributed by atoms with Crippen LogP contribution in [-0.2, 0) is 7.05 Å². The van der Waals surface area contributed by atoms with E-state index in [9.17, 15) is 0 Å². The summed E-state index contributed by atoms with van der Waals surface area (Å²) in [6, 6.07) is 0. The first kappa shape index (κ1) is 43.3. The summed E-state index contributed by atoms with van der Waals surface area (Å²) in [5, 5.41) is 0. The molecule has 2 aromatic rings. The smallest absolute Gasteiger partial charge is 0.0943 e. The Kier molecular flexibility index (Phi) is 54.4. The zero-order valence-electron chi connectivity index (χ0n) is 21.8. The van der Waals surface area contributed by atoms with Crippen molar-refractivity contribution in [3.8, 4) is 0 Å². The molecule has 0 saturated heterocycles. The van der Waals surface area contributed by atoms with Gasteiger partial charge in [-0.1, -0.05) is 123 Å². The molecule has 0 spiro atoms. The Hall–Kier alpha value is -1.58. The van der Waals surface area contributed by atoms with E-state index in [0.29, 0.717) is 5.41 Å². The van der Waals surface area contributed by atoms with E-state index in [1.54, 1.807) is 31.2 Å². The third-order valence-electron chi connectivity index (χ3n) is 3.88. The van der Waals surface area contributed by atoms with Gasteiger partial charge in [-0.25, -0.2) is 9.97 Å². The Balaban J connectivity index is -0.0000000629. The molecule has 0 saturated carbocycles. The summed E-state index contributed by atoms with van der Waals surface area (Å²) in [6.45, 7) is 21.6. The lowest BCUT2D eigenvalue weighted by Crippen LogP contribution is -2.07. The van der Waals surface area contributed by atoms with Gasteiger partial charge in [0.2, 0.25) is 0 Å². The topological polar surface area (TPSA) is 46.5 Å². The van der Waals surface area contributed by atoms with Gasteiger partial charge in [-0.3, -0.25) is 0 Å². The lowest BCUT2D eigenvalue weighted by Gasteiger charge is -2.20. The molecule has 0 aliphatic carbocycles. The second kappa shape index (κ2) is 39.0. The highest BCUT2D eigenvalue weighted by molar-refractivity contribution is 4.70. The second-order valence-corrected chi connectivity index (χ2v) is 6.96. The van der Waals surface area contributed by atoms with Crippen molar-refractivity contribution in [1.82, 2.24) is 19.5 Å². The number of aromatic nitrogens is 4. The van der Waals surface area contributed by atoms with Crippen molar-refractivity contribution >= 4 is 0 Å². The fraction of sp³-hybridized carbons (Fsp3) is 0.778. The van der Waals surface area contributed by atoms with Gasteiger partial charge in [-0.2, -0.15) is 0 Å².